The van der Waals surface area contributed by atoms with Gasteiger partial charge in [-0.25, -0.2) is 0 Å². The number of hydrogen-bond acceptors (Lipinski definition) is 1. The van der Waals surface area contributed by atoms with Crippen molar-refractivity contribution in [2.45, 2.75) is 41.0 Å². The van der Waals surface area contributed by atoms with E-state index in [0.29, 0.717) is 0 Å². The normalized spacial score (nSPS) is 12.6. The Kier molecular flexibility index (Phi) is 4.39. The van der Waals surface area contributed by atoms with Gasteiger partial charge >= 0.3 is 0 Å². The first kappa shape index (κ1) is 14.5. The van der Waals surface area contributed by atoms with E-state index in [1.165, 1.54) is 27.6 Å². The minimum absolute atomic E-state index is 1.09. The maximum atomic E-state index is 4.71. The van der Waals surface area contributed by atoms with Gasteiger partial charge < -0.3 is 0 Å². The Hall–Kier alpha value is -1.89. The fourth-order valence-corrected chi connectivity index (χ4v) is 2.26. The van der Waals surface area contributed by atoms with E-state index in [1.54, 1.807) is 0 Å². The van der Waals surface area contributed by atoms with Crippen LogP contribution in [-0.4, -0.2) is 4.98 Å². The molecule has 0 saturated heterocycles. The molecule has 0 amide bonds. The van der Waals surface area contributed by atoms with Crippen LogP contribution in [0.5, 0.6) is 0 Å². The third-order valence-corrected chi connectivity index (χ3v) is 3.88. The zero-order chi connectivity index (χ0) is 14.7. The van der Waals surface area contributed by atoms with Crippen molar-refractivity contribution in [1.82, 2.24) is 4.98 Å². The SMILES string of the molecule is CC/C(C)=C/C=C\c1c(C)c(C)nc2cc(C)ccc12. The molecule has 1 heterocycles. The Morgan fingerprint density at radius 2 is 1.95 bits per heavy atom. The summed E-state index contributed by atoms with van der Waals surface area (Å²) in [6, 6.07) is 6.50. The molecule has 0 fully saturated rings. The van der Waals surface area contributed by atoms with Gasteiger partial charge in [-0.3, -0.25) is 4.98 Å². The van der Waals surface area contributed by atoms with Crippen LogP contribution in [-0.2, 0) is 0 Å². The van der Waals surface area contributed by atoms with Crippen molar-refractivity contribution in [1.29, 1.82) is 0 Å². The molecule has 0 radical (unpaired) electrons. The maximum absolute atomic E-state index is 4.71. The molecule has 1 heteroatoms. The molecule has 1 aromatic carbocycles. The van der Waals surface area contributed by atoms with Crippen molar-refractivity contribution in [3.05, 3.63) is 58.3 Å². The monoisotopic (exact) mass is 265 g/mol. The topological polar surface area (TPSA) is 12.9 Å². The number of rotatable bonds is 3. The Morgan fingerprint density at radius 1 is 1.20 bits per heavy atom. The standard InChI is InChI=1S/C19H23N/c1-6-13(2)8-7-9-17-15(4)16(5)20-19-12-14(3)10-11-18(17)19/h7-12H,6H2,1-5H3/b9-7-,13-8+. The molecular weight excluding hydrogens is 242 g/mol. The first-order chi connectivity index (χ1) is 9.52. The van der Waals surface area contributed by atoms with Gasteiger partial charge in [0.1, 0.15) is 0 Å². The van der Waals surface area contributed by atoms with Crippen LogP contribution >= 0.6 is 0 Å². The average Bonchev–Trinajstić information content (AvgIpc) is 2.42. The lowest BCUT2D eigenvalue weighted by atomic mass is 10.00. The Labute approximate surface area is 122 Å². The first-order valence-electron chi connectivity index (χ1n) is 7.24. The second kappa shape index (κ2) is 6.04. The smallest absolute Gasteiger partial charge is 0.0714 e. The number of aromatic nitrogens is 1. The molecule has 0 aliphatic carbocycles. The fraction of sp³-hybridized carbons (Fsp3) is 0.316. The lowest BCUT2D eigenvalue weighted by Crippen LogP contribution is -1.94. The van der Waals surface area contributed by atoms with Crippen molar-refractivity contribution < 1.29 is 0 Å². The van der Waals surface area contributed by atoms with Gasteiger partial charge in [0.15, 0.2) is 0 Å². The third kappa shape index (κ3) is 2.98. The van der Waals surface area contributed by atoms with Crippen LogP contribution in [0.15, 0.2) is 35.9 Å². The van der Waals surface area contributed by atoms with E-state index < -0.39 is 0 Å². The van der Waals surface area contributed by atoms with Crippen molar-refractivity contribution in [3.8, 4) is 0 Å². The Bertz CT molecular complexity index is 690. The molecule has 0 spiro atoms. The van der Waals surface area contributed by atoms with Crippen molar-refractivity contribution in [3.63, 3.8) is 0 Å². The summed E-state index contributed by atoms with van der Waals surface area (Å²) in [5.41, 5.74) is 7.39. The highest BCUT2D eigenvalue weighted by Gasteiger charge is 2.06. The summed E-state index contributed by atoms with van der Waals surface area (Å²) in [5.74, 6) is 0. The lowest BCUT2D eigenvalue weighted by Gasteiger charge is -2.09. The van der Waals surface area contributed by atoms with Crippen molar-refractivity contribution >= 4 is 17.0 Å². The molecule has 0 atom stereocenters. The van der Waals surface area contributed by atoms with Crippen LogP contribution in [0, 0.1) is 20.8 Å². The number of nitrogens with zero attached hydrogens (tertiary/aromatic N) is 1. The molecular formula is C19H23N. The predicted octanol–water partition coefficient (Wildman–Crippen LogP) is 5.53. The Morgan fingerprint density at radius 3 is 2.65 bits per heavy atom. The van der Waals surface area contributed by atoms with Gasteiger partial charge in [-0.2, -0.15) is 0 Å². The summed E-state index contributed by atoms with van der Waals surface area (Å²) in [6.07, 6.45) is 7.65. The second-order valence-electron chi connectivity index (χ2n) is 5.48. The quantitative estimate of drug-likeness (QED) is 0.665. The van der Waals surface area contributed by atoms with Crippen LogP contribution < -0.4 is 0 Å². The number of benzene rings is 1. The summed E-state index contributed by atoms with van der Waals surface area (Å²) in [4.78, 5) is 4.71. The highest BCUT2D eigenvalue weighted by molar-refractivity contribution is 5.90. The molecule has 0 saturated carbocycles. The minimum Gasteiger partial charge on any atom is -0.253 e. The van der Waals surface area contributed by atoms with E-state index in [-0.39, 0.29) is 0 Å². The molecule has 0 aliphatic rings. The number of fused-ring (bicyclic) bond motifs is 1. The average molecular weight is 265 g/mol. The van der Waals surface area contributed by atoms with E-state index in [2.05, 4.69) is 71.0 Å². The zero-order valence-electron chi connectivity index (χ0n) is 13.1. The summed E-state index contributed by atoms with van der Waals surface area (Å²) in [5, 5.41) is 1.23. The van der Waals surface area contributed by atoms with Gasteiger partial charge in [0.25, 0.3) is 0 Å². The van der Waals surface area contributed by atoms with Crippen LogP contribution in [0.4, 0.5) is 0 Å². The van der Waals surface area contributed by atoms with E-state index in [9.17, 15) is 0 Å². The molecule has 0 bridgehead atoms. The molecule has 0 unspecified atom stereocenters. The fourth-order valence-electron chi connectivity index (χ4n) is 2.26. The van der Waals surface area contributed by atoms with Gasteiger partial charge in [-0.1, -0.05) is 42.9 Å². The molecule has 2 aromatic rings. The third-order valence-electron chi connectivity index (χ3n) is 3.88. The number of aryl methyl sites for hydroxylation is 2. The van der Waals surface area contributed by atoms with Gasteiger partial charge in [0.05, 0.1) is 5.52 Å². The summed E-state index contributed by atoms with van der Waals surface area (Å²) in [7, 11) is 0. The van der Waals surface area contributed by atoms with E-state index >= 15 is 0 Å². The number of pyridine rings is 1. The molecule has 1 aromatic heterocycles. The molecule has 0 N–H and O–H groups in total. The van der Waals surface area contributed by atoms with E-state index in [1.807, 2.05) is 0 Å². The lowest BCUT2D eigenvalue weighted by molar-refractivity contribution is 1.10. The summed E-state index contributed by atoms with van der Waals surface area (Å²) < 4.78 is 0. The zero-order valence-corrected chi connectivity index (χ0v) is 13.1. The molecule has 0 aliphatic heterocycles. The van der Waals surface area contributed by atoms with Crippen LogP contribution in [0.3, 0.4) is 0 Å². The van der Waals surface area contributed by atoms with Crippen molar-refractivity contribution in [2.24, 2.45) is 0 Å². The van der Waals surface area contributed by atoms with Crippen LogP contribution in [0.25, 0.3) is 17.0 Å². The molecule has 1 nitrogen and oxygen atoms in total. The minimum atomic E-state index is 1.09. The van der Waals surface area contributed by atoms with Crippen LogP contribution in [0.1, 0.15) is 42.7 Å². The highest BCUT2D eigenvalue weighted by atomic mass is 14.7. The van der Waals surface area contributed by atoms with Gasteiger partial charge in [-0.15, -0.1) is 0 Å². The van der Waals surface area contributed by atoms with Gasteiger partial charge in [0, 0.05) is 11.1 Å². The number of hydrogen-bond donors (Lipinski definition) is 0. The summed E-state index contributed by atoms with van der Waals surface area (Å²) in [6.45, 7) is 10.7. The second-order valence-corrected chi connectivity index (χ2v) is 5.48. The summed E-state index contributed by atoms with van der Waals surface area (Å²) >= 11 is 0. The van der Waals surface area contributed by atoms with Crippen LogP contribution in [0.2, 0.25) is 0 Å². The molecule has 104 valence electrons. The predicted molar refractivity (Wildman–Crippen MR) is 89.0 cm³/mol. The first-order valence-corrected chi connectivity index (χ1v) is 7.24. The number of allylic oxidation sites excluding steroid dienone is 3. The van der Waals surface area contributed by atoms with Gasteiger partial charge in [0.2, 0.25) is 0 Å². The van der Waals surface area contributed by atoms with Crippen molar-refractivity contribution in [2.75, 3.05) is 0 Å². The van der Waals surface area contributed by atoms with E-state index in [0.717, 1.165) is 17.6 Å². The maximum Gasteiger partial charge on any atom is 0.0714 e. The van der Waals surface area contributed by atoms with Gasteiger partial charge in [-0.05, 0) is 56.9 Å². The molecule has 20 heavy (non-hydrogen) atoms. The largest absolute Gasteiger partial charge is 0.253 e. The molecule has 2 rings (SSSR count). The Balaban J connectivity index is 2.59. The van der Waals surface area contributed by atoms with E-state index in [4.69, 9.17) is 4.98 Å². The highest BCUT2D eigenvalue weighted by Crippen LogP contribution is 2.25.